The van der Waals surface area contributed by atoms with Crippen molar-refractivity contribution in [3.05, 3.63) is 47.9 Å². The number of furan rings is 1. The SMILES string of the molecule is O=C(O)c1ccc(CNC(=O)N2CCCC(c3ccncn3)C2)o1. The molecule has 2 amide bonds. The molecule has 0 aromatic carbocycles. The molecule has 3 heterocycles. The van der Waals surface area contributed by atoms with Gasteiger partial charge >= 0.3 is 12.0 Å². The molecule has 1 aliphatic heterocycles. The Bertz CT molecular complexity index is 716. The van der Waals surface area contributed by atoms with Crippen LogP contribution < -0.4 is 5.32 Å². The van der Waals surface area contributed by atoms with Crippen molar-refractivity contribution in [1.29, 1.82) is 0 Å². The smallest absolute Gasteiger partial charge is 0.371 e. The number of carboxylic acids is 1. The zero-order chi connectivity index (χ0) is 16.9. The second-order valence-electron chi connectivity index (χ2n) is 5.65. The number of rotatable bonds is 4. The van der Waals surface area contributed by atoms with Crippen LogP contribution in [0.1, 0.15) is 40.8 Å². The molecule has 0 aliphatic carbocycles. The highest BCUT2D eigenvalue weighted by Gasteiger charge is 2.25. The molecule has 0 spiro atoms. The summed E-state index contributed by atoms with van der Waals surface area (Å²) in [5.74, 6) is -0.655. The lowest BCUT2D eigenvalue weighted by molar-refractivity contribution is 0.0660. The van der Waals surface area contributed by atoms with Crippen molar-refractivity contribution in [3.63, 3.8) is 0 Å². The van der Waals surface area contributed by atoms with Gasteiger partial charge in [0.25, 0.3) is 0 Å². The summed E-state index contributed by atoms with van der Waals surface area (Å²) in [7, 11) is 0. The van der Waals surface area contributed by atoms with Crippen LogP contribution in [-0.2, 0) is 6.54 Å². The molecular formula is C16H18N4O4. The quantitative estimate of drug-likeness (QED) is 0.885. The van der Waals surface area contributed by atoms with Crippen LogP contribution in [0.3, 0.4) is 0 Å². The molecule has 24 heavy (non-hydrogen) atoms. The van der Waals surface area contributed by atoms with Crippen LogP contribution in [0.25, 0.3) is 0 Å². The first kappa shape index (κ1) is 16.0. The van der Waals surface area contributed by atoms with E-state index in [1.165, 1.54) is 12.4 Å². The first-order valence-electron chi connectivity index (χ1n) is 7.74. The molecule has 8 nitrogen and oxygen atoms in total. The average molecular weight is 330 g/mol. The predicted molar refractivity (Wildman–Crippen MR) is 83.5 cm³/mol. The van der Waals surface area contributed by atoms with Gasteiger partial charge in [-0.3, -0.25) is 0 Å². The molecule has 2 aromatic rings. The normalized spacial score (nSPS) is 17.5. The fourth-order valence-corrected chi connectivity index (χ4v) is 2.81. The molecule has 8 heteroatoms. The van der Waals surface area contributed by atoms with E-state index in [-0.39, 0.29) is 24.3 Å². The third-order valence-electron chi connectivity index (χ3n) is 4.02. The molecule has 126 valence electrons. The predicted octanol–water partition coefficient (Wildman–Crippen LogP) is 1.86. The summed E-state index contributed by atoms with van der Waals surface area (Å²) in [6.45, 7) is 1.44. The van der Waals surface area contributed by atoms with E-state index in [1.807, 2.05) is 6.07 Å². The zero-order valence-electron chi connectivity index (χ0n) is 13.0. The summed E-state index contributed by atoms with van der Waals surface area (Å²) < 4.78 is 5.12. The molecule has 1 unspecified atom stereocenters. The molecular weight excluding hydrogens is 312 g/mol. The van der Waals surface area contributed by atoms with Gasteiger partial charge in [-0.2, -0.15) is 0 Å². The monoisotopic (exact) mass is 330 g/mol. The van der Waals surface area contributed by atoms with E-state index in [1.54, 1.807) is 17.2 Å². The zero-order valence-corrected chi connectivity index (χ0v) is 13.0. The molecule has 0 saturated carbocycles. The van der Waals surface area contributed by atoms with E-state index < -0.39 is 5.97 Å². The Hall–Kier alpha value is -2.90. The average Bonchev–Trinajstić information content (AvgIpc) is 3.10. The molecule has 1 fully saturated rings. The van der Waals surface area contributed by atoms with Crippen LogP contribution in [-0.4, -0.2) is 45.1 Å². The number of carboxylic acid groups (broad SMARTS) is 1. The molecule has 0 radical (unpaired) electrons. The number of hydrogen-bond acceptors (Lipinski definition) is 5. The van der Waals surface area contributed by atoms with E-state index in [4.69, 9.17) is 9.52 Å². The number of carbonyl (C=O) groups excluding carboxylic acids is 1. The standard InChI is InChI=1S/C16H18N4O4/c21-15(22)14-4-3-12(24-14)8-18-16(23)20-7-1-2-11(9-20)13-5-6-17-10-19-13/h3-6,10-11H,1-2,7-9H2,(H,18,23)(H,21,22). The highest BCUT2D eigenvalue weighted by molar-refractivity contribution is 5.84. The summed E-state index contributed by atoms with van der Waals surface area (Å²) in [4.78, 5) is 33.0. The summed E-state index contributed by atoms with van der Waals surface area (Å²) in [5, 5.41) is 11.6. The van der Waals surface area contributed by atoms with Crippen LogP contribution >= 0.6 is 0 Å². The largest absolute Gasteiger partial charge is 0.475 e. The van der Waals surface area contributed by atoms with Gasteiger partial charge in [0.1, 0.15) is 12.1 Å². The van der Waals surface area contributed by atoms with Crippen LogP contribution in [0.5, 0.6) is 0 Å². The lowest BCUT2D eigenvalue weighted by atomic mass is 9.95. The number of aromatic nitrogens is 2. The van der Waals surface area contributed by atoms with Crippen molar-refractivity contribution in [2.75, 3.05) is 13.1 Å². The van der Waals surface area contributed by atoms with Crippen LogP contribution in [0.4, 0.5) is 4.79 Å². The second kappa shape index (κ2) is 7.12. The van der Waals surface area contributed by atoms with E-state index in [2.05, 4.69) is 15.3 Å². The Morgan fingerprint density at radius 2 is 2.25 bits per heavy atom. The van der Waals surface area contributed by atoms with Gasteiger partial charge in [0.05, 0.1) is 6.54 Å². The highest BCUT2D eigenvalue weighted by atomic mass is 16.4. The molecule has 0 bridgehead atoms. The van der Waals surface area contributed by atoms with Gasteiger partial charge in [-0.25, -0.2) is 19.6 Å². The number of urea groups is 1. The van der Waals surface area contributed by atoms with Gasteiger partial charge in [0, 0.05) is 30.9 Å². The second-order valence-corrected chi connectivity index (χ2v) is 5.65. The molecule has 1 atom stereocenters. The summed E-state index contributed by atoms with van der Waals surface area (Å²) in [6, 6.07) is 4.60. The number of likely N-dealkylation sites (tertiary alicyclic amines) is 1. The van der Waals surface area contributed by atoms with Crippen molar-refractivity contribution >= 4 is 12.0 Å². The maximum atomic E-state index is 12.3. The number of carbonyl (C=O) groups is 2. The first-order chi connectivity index (χ1) is 11.6. The Morgan fingerprint density at radius 3 is 2.96 bits per heavy atom. The molecule has 3 rings (SSSR count). The Kier molecular flexibility index (Phi) is 4.74. The van der Waals surface area contributed by atoms with Crippen molar-refractivity contribution in [3.8, 4) is 0 Å². The molecule has 2 N–H and O–H groups in total. The Balaban J connectivity index is 1.55. The highest BCUT2D eigenvalue weighted by Crippen LogP contribution is 2.25. The van der Waals surface area contributed by atoms with E-state index in [9.17, 15) is 9.59 Å². The number of piperidine rings is 1. The summed E-state index contributed by atoms with van der Waals surface area (Å²) in [5.41, 5.74) is 0.944. The molecule has 1 saturated heterocycles. The fourth-order valence-electron chi connectivity index (χ4n) is 2.81. The third-order valence-corrected chi connectivity index (χ3v) is 4.02. The van der Waals surface area contributed by atoms with E-state index in [0.717, 1.165) is 18.5 Å². The topological polar surface area (TPSA) is 109 Å². The minimum Gasteiger partial charge on any atom is -0.475 e. The number of amides is 2. The maximum absolute atomic E-state index is 12.3. The third kappa shape index (κ3) is 3.70. The minimum absolute atomic E-state index is 0.138. The maximum Gasteiger partial charge on any atom is 0.371 e. The van der Waals surface area contributed by atoms with E-state index >= 15 is 0 Å². The summed E-state index contributed by atoms with van der Waals surface area (Å²) in [6.07, 6.45) is 5.12. The lowest BCUT2D eigenvalue weighted by Gasteiger charge is -2.32. The van der Waals surface area contributed by atoms with Gasteiger partial charge in [0.15, 0.2) is 0 Å². The fraction of sp³-hybridized carbons (Fsp3) is 0.375. The van der Waals surface area contributed by atoms with Crippen LogP contribution in [0.15, 0.2) is 35.1 Å². The van der Waals surface area contributed by atoms with Crippen molar-refractivity contribution in [1.82, 2.24) is 20.2 Å². The van der Waals surface area contributed by atoms with E-state index in [0.29, 0.717) is 18.8 Å². The van der Waals surface area contributed by atoms with Crippen molar-refractivity contribution in [2.45, 2.75) is 25.3 Å². The number of hydrogen-bond donors (Lipinski definition) is 2. The Labute approximate surface area is 138 Å². The van der Waals surface area contributed by atoms with Gasteiger partial charge in [0.2, 0.25) is 5.76 Å². The number of aromatic carboxylic acids is 1. The van der Waals surface area contributed by atoms with Gasteiger partial charge in [-0.05, 0) is 31.0 Å². The van der Waals surface area contributed by atoms with Gasteiger partial charge < -0.3 is 19.7 Å². The van der Waals surface area contributed by atoms with Crippen molar-refractivity contribution in [2.24, 2.45) is 0 Å². The van der Waals surface area contributed by atoms with Gasteiger partial charge in [-0.15, -0.1) is 0 Å². The van der Waals surface area contributed by atoms with Gasteiger partial charge in [-0.1, -0.05) is 0 Å². The Morgan fingerprint density at radius 1 is 1.38 bits per heavy atom. The first-order valence-corrected chi connectivity index (χ1v) is 7.74. The number of nitrogens with one attached hydrogen (secondary N) is 1. The number of nitrogens with zero attached hydrogens (tertiary/aromatic N) is 3. The summed E-state index contributed by atoms with van der Waals surface area (Å²) >= 11 is 0. The van der Waals surface area contributed by atoms with Crippen LogP contribution in [0.2, 0.25) is 0 Å². The molecule has 2 aromatic heterocycles. The molecule has 1 aliphatic rings. The van der Waals surface area contributed by atoms with Crippen molar-refractivity contribution < 1.29 is 19.1 Å². The lowest BCUT2D eigenvalue weighted by Crippen LogP contribution is -2.44. The van der Waals surface area contributed by atoms with Crippen LogP contribution in [0, 0.1) is 0 Å². The minimum atomic E-state index is -1.13.